The summed E-state index contributed by atoms with van der Waals surface area (Å²) in [6, 6.07) is 0. The molecule has 0 aromatic carbocycles. The fourth-order valence-electron chi connectivity index (χ4n) is 11.1. The van der Waals surface area contributed by atoms with Gasteiger partial charge in [-0.2, -0.15) is 0 Å². The Labute approximate surface area is 254 Å². The minimum Gasteiger partial charge on any atom is -0.394 e. The number of fused-ring (bicyclic) bond motifs is 7. The maximum Gasteiger partial charge on any atom is 0.186 e. The number of hydrogen-bond donors (Lipinski definition) is 6. The molecule has 7 aliphatic rings. The Hall–Kier alpha value is -0.660. The highest BCUT2D eigenvalue weighted by molar-refractivity contribution is 5.28. The van der Waals surface area contributed by atoms with Crippen LogP contribution < -0.4 is 0 Å². The fourth-order valence-corrected chi connectivity index (χ4v) is 11.1. The van der Waals surface area contributed by atoms with Crippen LogP contribution >= 0.6 is 0 Å². The van der Waals surface area contributed by atoms with E-state index in [1.54, 1.807) is 0 Å². The van der Waals surface area contributed by atoms with Gasteiger partial charge in [-0.25, -0.2) is 0 Å². The van der Waals surface area contributed by atoms with E-state index in [9.17, 15) is 30.6 Å². The summed E-state index contributed by atoms with van der Waals surface area (Å²) in [6.07, 6.45) is 3.47. The van der Waals surface area contributed by atoms with E-state index in [1.165, 1.54) is 5.57 Å². The van der Waals surface area contributed by atoms with E-state index in [1.807, 2.05) is 0 Å². The van der Waals surface area contributed by atoms with Gasteiger partial charge in [-0.05, 0) is 74.5 Å². The standard InChI is InChI=1S/C33H52O10/c1-17-32(11-6-18(16-41-32)15-40-29-28(38)27(37)26(36)24(14-34)42-29)43-25-13-23-21-5-4-19-12-20(35)7-9-30(19,2)22(21)8-10-31(23,3)33(17,25)39/h4,17-18,20-29,34-39H,5-16H2,1-3H3/t17-,18+,20+,21-,22+,23+,24-,25+,26-,27+,28-,29-,30+,31+,32-,33-/m1/s1. The first-order valence-electron chi connectivity index (χ1n) is 16.7. The molecule has 0 aromatic rings. The van der Waals surface area contributed by atoms with Crippen LogP contribution in [-0.2, 0) is 18.9 Å². The van der Waals surface area contributed by atoms with Gasteiger partial charge in [0.25, 0.3) is 0 Å². The lowest BCUT2D eigenvalue weighted by Gasteiger charge is -2.59. The Bertz CT molecular complexity index is 1090. The average molecular weight is 609 g/mol. The summed E-state index contributed by atoms with van der Waals surface area (Å²) >= 11 is 0. The highest BCUT2D eigenvalue weighted by Gasteiger charge is 2.76. The first kappa shape index (κ1) is 31.0. The number of ether oxygens (including phenoxy) is 4. The summed E-state index contributed by atoms with van der Waals surface area (Å²) < 4.78 is 24.6. The van der Waals surface area contributed by atoms with Gasteiger partial charge in [0.15, 0.2) is 12.1 Å². The van der Waals surface area contributed by atoms with Crippen LogP contribution in [0, 0.1) is 40.4 Å². The van der Waals surface area contributed by atoms with E-state index in [2.05, 4.69) is 26.8 Å². The van der Waals surface area contributed by atoms with E-state index >= 15 is 0 Å². The molecule has 0 bridgehead atoms. The van der Waals surface area contributed by atoms with Crippen LogP contribution in [0.2, 0.25) is 0 Å². The van der Waals surface area contributed by atoms with E-state index in [0.717, 1.165) is 51.4 Å². The van der Waals surface area contributed by atoms with Gasteiger partial charge in [0.1, 0.15) is 30.0 Å². The van der Waals surface area contributed by atoms with E-state index < -0.39 is 48.7 Å². The molecule has 3 saturated heterocycles. The van der Waals surface area contributed by atoms with Crippen LogP contribution in [0.25, 0.3) is 0 Å². The van der Waals surface area contributed by atoms with E-state index in [0.29, 0.717) is 30.8 Å². The van der Waals surface area contributed by atoms with Crippen LogP contribution in [0.5, 0.6) is 0 Å². The molecule has 0 radical (unpaired) electrons. The minimum atomic E-state index is -1.47. The van der Waals surface area contributed by atoms with Gasteiger partial charge in [-0.15, -0.1) is 0 Å². The van der Waals surface area contributed by atoms with Gasteiger partial charge >= 0.3 is 0 Å². The van der Waals surface area contributed by atoms with Crippen LogP contribution in [0.4, 0.5) is 0 Å². The fraction of sp³-hybridized carbons (Fsp3) is 0.939. The minimum absolute atomic E-state index is 0.000582. The SMILES string of the molecule is C[C@@H]1[C@@]2(CC[C@@H](CO[C@@H]3O[C@H](CO)[C@@H](O)[C@H](O)[C@H]3O)CO2)O[C@H]2C[C@H]3[C@@H]4CC=C5C[C@@H](O)CC[C@]5(C)[C@H]4CC[C@]3(C)[C@]21O. The molecule has 7 rings (SSSR count). The van der Waals surface area contributed by atoms with E-state index in [-0.39, 0.29) is 41.5 Å². The molecule has 1 spiro atoms. The number of allylic oxidation sites excluding steroid dienone is 1. The van der Waals surface area contributed by atoms with Crippen LogP contribution in [0.15, 0.2) is 11.6 Å². The molecule has 0 unspecified atom stereocenters. The largest absolute Gasteiger partial charge is 0.394 e. The lowest BCUT2D eigenvalue weighted by atomic mass is 9.46. The molecule has 4 aliphatic carbocycles. The molecule has 43 heavy (non-hydrogen) atoms. The van der Waals surface area contributed by atoms with Crippen LogP contribution in [0.3, 0.4) is 0 Å². The van der Waals surface area contributed by atoms with Crippen molar-refractivity contribution >= 4 is 0 Å². The second-order valence-corrected chi connectivity index (χ2v) is 15.6. The number of hydrogen-bond acceptors (Lipinski definition) is 10. The van der Waals surface area contributed by atoms with Gasteiger partial charge in [0.2, 0.25) is 0 Å². The summed E-state index contributed by atoms with van der Waals surface area (Å²) in [4.78, 5) is 0. The Morgan fingerprint density at radius 1 is 0.977 bits per heavy atom. The molecule has 10 nitrogen and oxygen atoms in total. The number of rotatable bonds is 4. The molecule has 10 heteroatoms. The smallest absolute Gasteiger partial charge is 0.186 e. The molecule has 0 aromatic heterocycles. The Morgan fingerprint density at radius 3 is 2.49 bits per heavy atom. The van der Waals surface area contributed by atoms with Crippen molar-refractivity contribution in [2.75, 3.05) is 19.8 Å². The monoisotopic (exact) mass is 608 g/mol. The summed E-state index contributed by atoms with van der Waals surface area (Å²) in [7, 11) is 0. The highest BCUT2D eigenvalue weighted by Crippen LogP contribution is 2.72. The Balaban J connectivity index is 1.01. The van der Waals surface area contributed by atoms with Gasteiger partial charge in [0, 0.05) is 23.7 Å². The molecule has 3 heterocycles. The number of aliphatic hydroxyl groups is 6. The second kappa shape index (κ2) is 10.7. The molecular formula is C33H52O10. The molecule has 6 fully saturated rings. The van der Waals surface area contributed by atoms with Crippen molar-refractivity contribution in [1.82, 2.24) is 0 Å². The Kier molecular flexibility index (Phi) is 7.70. The predicted molar refractivity (Wildman–Crippen MR) is 153 cm³/mol. The molecule has 3 saturated carbocycles. The van der Waals surface area contributed by atoms with E-state index in [4.69, 9.17) is 18.9 Å². The third kappa shape index (κ3) is 4.35. The first-order chi connectivity index (χ1) is 20.4. The lowest BCUT2D eigenvalue weighted by Crippen LogP contribution is -2.60. The lowest BCUT2D eigenvalue weighted by molar-refractivity contribution is -0.311. The van der Waals surface area contributed by atoms with Crippen molar-refractivity contribution in [3.63, 3.8) is 0 Å². The molecule has 6 N–H and O–H groups in total. The van der Waals surface area contributed by atoms with Crippen molar-refractivity contribution in [2.24, 2.45) is 40.4 Å². The predicted octanol–water partition coefficient (Wildman–Crippen LogP) is 1.63. The summed E-state index contributed by atoms with van der Waals surface area (Å²) in [5.41, 5.74) is 0.369. The quantitative estimate of drug-likeness (QED) is 0.259. The third-order valence-corrected chi connectivity index (χ3v) is 13.8. The van der Waals surface area contributed by atoms with Gasteiger partial charge in [-0.1, -0.05) is 32.4 Å². The topological polar surface area (TPSA) is 158 Å². The summed E-state index contributed by atoms with van der Waals surface area (Å²) in [5, 5.41) is 62.9. The van der Waals surface area contributed by atoms with Crippen molar-refractivity contribution < 1.29 is 49.6 Å². The number of aliphatic hydroxyl groups excluding tert-OH is 5. The normalized spacial score (nSPS) is 57.9. The summed E-state index contributed by atoms with van der Waals surface area (Å²) in [5.74, 6) is 0.431. The Morgan fingerprint density at radius 2 is 1.77 bits per heavy atom. The van der Waals surface area contributed by atoms with Crippen LogP contribution in [0.1, 0.15) is 78.6 Å². The summed E-state index contributed by atoms with van der Waals surface area (Å²) in [6.45, 7) is 6.92. The molecular weight excluding hydrogens is 556 g/mol. The van der Waals surface area contributed by atoms with Crippen molar-refractivity contribution in [1.29, 1.82) is 0 Å². The third-order valence-electron chi connectivity index (χ3n) is 13.8. The van der Waals surface area contributed by atoms with Gasteiger partial charge in [0.05, 0.1) is 32.0 Å². The molecule has 0 amide bonds. The molecule has 3 aliphatic heterocycles. The zero-order chi connectivity index (χ0) is 30.5. The first-order valence-corrected chi connectivity index (χ1v) is 16.7. The molecule has 244 valence electrons. The second-order valence-electron chi connectivity index (χ2n) is 15.6. The van der Waals surface area contributed by atoms with Crippen LogP contribution in [-0.4, -0.2) is 105 Å². The van der Waals surface area contributed by atoms with Crippen molar-refractivity contribution in [3.05, 3.63) is 11.6 Å². The zero-order valence-corrected chi connectivity index (χ0v) is 25.8. The highest BCUT2D eigenvalue weighted by atomic mass is 16.7. The van der Waals surface area contributed by atoms with Crippen molar-refractivity contribution in [3.8, 4) is 0 Å². The van der Waals surface area contributed by atoms with Gasteiger partial charge < -0.3 is 49.6 Å². The zero-order valence-electron chi connectivity index (χ0n) is 25.8. The maximum atomic E-state index is 12.7. The maximum absolute atomic E-state index is 12.7. The molecule has 16 atom stereocenters. The average Bonchev–Trinajstić information content (AvgIpc) is 3.35. The van der Waals surface area contributed by atoms with Gasteiger partial charge in [-0.3, -0.25) is 0 Å². The van der Waals surface area contributed by atoms with Crippen molar-refractivity contribution in [2.45, 2.75) is 133 Å².